The van der Waals surface area contributed by atoms with Gasteiger partial charge in [-0.25, -0.2) is 13.8 Å². The topological polar surface area (TPSA) is 98.8 Å². The van der Waals surface area contributed by atoms with Crippen LogP contribution in [0, 0.1) is 36.8 Å². The second kappa shape index (κ2) is 8.89. The number of hydrogen-bond donors (Lipinski definition) is 2. The lowest BCUT2D eigenvalue weighted by atomic mass is 9.85. The number of nitrogens with zero attached hydrogens (tertiary/aromatic N) is 2. The molecule has 1 aromatic carbocycles. The number of fused-ring (bicyclic) bond motifs is 1. The second-order valence-electron chi connectivity index (χ2n) is 8.56. The molecule has 0 spiro atoms. The molecule has 178 valence electrons. The molecular formula is C24H24F2N4O3S. The van der Waals surface area contributed by atoms with Crippen molar-refractivity contribution < 1.29 is 23.0 Å². The zero-order valence-corrected chi connectivity index (χ0v) is 19.8. The fourth-order valence-electron chi connectivity index (χ4n) is 4.54. The molecule has 1 aliphatic heterocycles. The number of benzene rings is 1. The number of aliphatic imine (C=N–C) groups is 1. The van der Waals surface area contributed by atoms with Crippen LogP contribution in [0.3, 0.4) is 0 Å². The van der Waals surface area contributed by atoms with E-state index in [9.17, 15) is 9.18 Å². The highest BCUT2D eigenvalue weighted by atomic mass is 32.2. The summed E-state index contributed by atoms with van der Waals surface area (Å²) < 4.78 is 40.0. The molecule has 0 radical (unpaired) electrons. The van der Waals surface area contributed by atoms with E-state index in [1.807, 2.05) is 0 Å². The van der Waals surface area contributed by atoms with Crippen LogP contribution in [0.1, 0.15) is 35.0 Å². The molecule has 2 aromatic rings. The van der Waals surface area contributed by atoms with E-state index in [1.54, 1.807) is 27.0 Å². The largest absolute Gasteiger partial charge is 0.479 e. The highest BCUT2D eigenvalue weighted by molar-refractivity contribution is 8.15. The third-order valence-corrected chi connectivity index (χ3v) is 7.44. The van der Waals surface area contributed by atoms with E-state index < -0.39 is 23.1 Å². The van der Waals surface area contributed by atoms with Gasteiger partial charge < -0.3 is 20.5 Å². The van der Waals surface area contributed by atoms with Gasteiger partial charge in [-0.1, -0.05) is 17.7 Å². The van der Waals surface area contributed by atoms with Gasteiger partial charge in [-0.15, -0.1) is 6.42 Å². The van der Waals surface area contributed by atoms with E-state index in [2.05, 4.69) is 21.2 Å². The molecule has 2 heterocycles. The highest BCUT2D eigenvalue weighted by Gasteiger charge is 2.66. The zero-order chi connectivity index (χ0) is 24.7. The number of aromatic nitrogens is 1. The number of carbonyl (C=O) groups excluding carboxylic acids is 1. The van der Waals surface area contributed by atoms with Crippen molar-refractivity contribution in [1.82, 2.24) is 4.98 Å². The van der Waals surface area contributed by atoms with Gasteiger partial charge >= 0.3 is 0 Å². The number of aryl methyl sites for hydroxylation is 1. The number of halogens is 2. The minimum atomic E-state index is -1.11. The third kappa shape index (κ3) is 4.21. The van der Waals surface area contributed by atoms with E-state index in [1.165, 1.54) is 24.0 Å². The van der Waals surface area contributed by atoms with E-state index in [4.69, 9.17) is 21.6 Å². The molecule has 3 atom stereocenters. The van der Waals surface area contributed by atoms with Crippen molar-refractivity contribution >= 4 is 28.5 Å². The number of terminal acetylenes is 1. The first-order valence-electron chi connectivity index (χ1n) is 10.5. The molecular weight excluding hydrogens is 462 g/mol. The summed E-state index contributed by atoms with van der Waals surface area (Å²) in [7, 11) is 1.59. The molecule has 7 nitrogen and oxygen atoms in total. The number of pyridine rings is 1. The lowest BCUT2D eigenvalue weighted by Gasteiger charge is -2.34. The Hall–Kier alpha value is -3.16. The Labute approximate surface area is 200 Å². The number of thioether (sulfide) groups is 1. The van der Waals surface area contributed by atoms with Crippen molar-refractivity contribution in [3.63, 3.8) is 0 Å². The van der Waals surface area contributed by atoms with Crippen molar-refractivity contribution in [2.75, 3.05) is 25.6 Å². The molecule has 4 rings (SSSR count). The van der Waals surface area contributed by atoms with Crippen molar-refractivity contribution in [2.24, 2.45) is 16.6 Å². The van der Waals surface area contributed by atoms with Gasteiger partial charge in [0.1, 0.15) is 18.1 Å². The van der Waals surface area contributed by atoms with Crippen LogP contribution in [0.25, 0.3) is 0 Å². The minimum absolute atomic E-state index is 0.0248. The van der Waals surface area contributed by atoms with Crippen LogP contribution in [0.5, 0.6) is 5.75 Å². The fraction of sp³-hybridized carbons (Fsp3) is 0.375. The van der Waals surface area contributed by atoms with E-state index in [0.717, 1.165) is 6.07 Å². The van der Waals surface area contributed by atoms with Crippen LogP contribution in [0.4, 0.5) is 14.5 Å². The van der Waals surface area contributed by atoms with Crippen molar-refractivity contribution in [3.05, 3.63) is 52.9 Å². The Bertz CT molecular complexity index is 1230. The van der Waals surface area contributed by atoms with Crippen molar-refractivity contribution in [3.8, 4) is 18.1 Å². The third-order valence-electron chi connectivity index (χ3n) is 6.16. The van der Waals surface area contributed by atoms with Crippen LogP contribution in [0.15, 0.2) is 29.4 Å². The molecule has 0 saturated heterocycles. The van der Waals surface area contributed by atoms with Crippen LogP contribution < -0.4 is 15.8 Å². The first-order chi connectivity index (χ1) is 16.1. The molecule has 1 fully saturated rings. The predicted octanol–water partition coefficient (Wildman–Crippen LogP) is 3.61. The second-order valence-corrected chi connectivity index (χ2v) is 9.99. The number of nitrogens with one attached hydrogen (secondary N) is 1. The number of rotatable bonds is 7. The number of amides is 1. The number of nitrogens with two attached hydrogens (primary N) is 1. The van der Waals surface area contributed by atoms with Crippen LogP contribution >= 0.6 is 11.8 Å². The molecule has 1 aliphatic carbocycles. The van der Waals surface area contributed by atoms with Gasteiger partial charge in [0, 0.05) is 30.3 Å². The SMILES string of the molecule is C#CCOc1cnc(C(=O)Nc2cc(F)c(F)c([C@]3(C)N=C(N)S[C@@]4(COC)C[C@H]43)c2)c(C)c1. The molecule has 1 aromatic heterocycles. The Morgan fingerprint density at radius 2 is 2.18 bits per heavy atom. The maximum Gasteiger partial charge on any atom is 0.274 e. The Kier molecular flexibility index (Phi) is 6.27. The average Bonchev–Trinajstić information content (AvgIpc) is 3.49. The Balaban J connectivity index is 1.64. The van der Waals surface area contributed by atoms with Gasteiger partial charge in [0.05, 0.1) is 23.1 Å². The summed E-state index contributed by atoms with van der Waals surface area (Å²) in [5.74, 6) is -0.0269. The summed E-state index contributed by atoms with van der Waals surface area (Å²) in [6.45, 7) is 3.90. The molecule has 1 saturated carbocycles. The summed E-state index contributed by atoms with van der Waals surface area (Å²) >= 11 is 1.40. The molecule has 10 heteroatoms. The Morgan fingerprint density at radius 3 is 2.85 bits per heavy atom. The van der Waals surface area contributed by atoms with Gasteiger partial charge in [0.25, 0.3) is 5.91 Å². The quantitative estimate of drug-likeness (QED) is 0.580. The number of anilines is 1. The van der Waals surface area contributed by atoms with Crippen LogP contribution in [-0.4, -0.2) is 41.1 Å². The highest BCUT2D eigenvalue weighted by Crippen LogP contribution is 2.66. The van der Waals surface area contributed by atoms with Gasteiger partial charge in [0.2, 0.25) is 0 Å². The lowest BCUT2D eigenvalue weighted by Crippen LogP contribution is -2.38. The first kappa shape index (κ1) is 24.0. The number of hydrogen-bond acceptors (Lipinski definition) is 7. The summed E-state index contributed by atoms with van der Waals surface area (Å²) in [5, 5.41) is 2.90. The number of ether oxygens (including phenoxy) is 2. The zero-order valence-electron chi connectivity index (χ0n) is 18.9. The molecule has 1 amide bonds. The minimum Gasteiger partial charge on any atom is -0.479 e. The molecule has 2 aliphatic rings. The lowest BCUT2D eigenvalue weighted by molar-refractivity contribution is 0.102. The molecule has 3 N–H and O–H groups in total. The first-order valence-corrected chi connectivity index (χ1v) is 11.3. The standard InChI is InChI=1S/C24H24F2N4O3S/c1-5-6-33-15-7-13(2)20(28-11-15)21(31)29-14-8-16(19(26)17(25)9-14)23(3)18-10-24(18,12-32-4)34-22(27)30-23/h1,7-9,11,18H,6,10,12H2,2-4H3,(H2,27,30)(H,29,31)/t18-,23-,24+/m0/s1. The maximum absolute atomic E-state index is 15.0. The normalized spacial score (nSPS) is 25.1. The summed E-state index contributed by atoms with van der Waals surface area (Å²) in [4.78, 5) is 21.5. The van der Waals surface area contributed by atoms with Crippen molar-refractivity contribution in [1.29, 1.82) is 0 Å². The van der Waals surface area contributed by atoms with Gasteiger partial charge in [-0.3, -0.25) is 9.79 Å². The molecule has 0 bridgehead atoms. The van der Waals surface area contributed by atoms with E-state index in [-0.39, 0.29) is 39.4 Å². The van der Waals surface area contributed by atoms with E-state index >= 15 is 4.39 Å². The molecule has 34 heavy (non-hydrogen) atoms. The number of amidine groups is 1. The van der Waals surface area contributed by atoms with Gasteiger partial charge in [0.15, 0.2) is 16.8 Å². The van der Waals surface area contributed by atoms with Crippen LogP contribution in [0.2, 0.25) is 0 Å². The number of carbonyl (C=O) groups is 1. The number of methoxy groups -OCH3 is 1. The smallest absolute Gasteiger partial charge is 0.274 e. The molecule has 0 unspecified atom stereocenters. The summed E-state index contributed by atoms with van der Waals surface area (Å²) in [5.41, 5.74) is 5.71. The van der Waals surface area contributed by atoms with Gasteiger partial charge in [-0.05, 0) is 38.0 Å². The van der Waals surface area contributed by atoms with Crippen molar-refractivity contribution in [2.45, 2.75) is 30.6 Å². The predicted molar refractivity (Wildman–Crippen MR) is 127 cm³/mol. The van der Waals surface area contributed by atoms with E-state index in [0.29, 0.717) is 24.3 Å². The van der Waals surface area contributed by atoms with Crippen LogP contribution in [-0.2, 0) is 10.3 Å². The Morgan fingerprint density at radius 1 is 1.41 bits per heavy atom. The van der Waals surface area contributed by atoms with Gasteiger partial charge in [-0.2, -0.15) is 0 Å². The average molecular weight is 487 g/mol. The summed E-state index contributed by atoms with van der Waals surface area (Å²) in [6.07, 6.45) is 7.25. The maximum atomic E-state index is 15.0. The monoisotopic (exact) mass is 486 g/mol. The fourth-order valence-corrected chi connectivity index (χ4v) is 5.99. The summed E-state index contributed by atoms with van der Waals surface area (Å²) in [6, 6.07) is 3.95.